The number of nitrogens with zero attached hydrogens (tertiary/aromatic N) is 3. The summed E-state index contributed by atoms with van der Waals surface area (Å²) < 4.78 is 5.01. The van der Waals surface area contributed by atoms with Crippen LogP contribution in [0.5, 0.6) is 6.01 Å². The lowest BCUT2D eigenvalue weighted by Crippen LogP contribution is -2.04. The van der Waals surface area contributed by atoms with Crippen LogP contribution >= 0.6 is 0 Å². The van der Waals surface area contributed by atoms with Crippen molar-refractivity contribution in [2.24, 2.45) is 0 Å². The highest BCUT2D eigenvalue weighted by molar-refractivity contribution is 5.68. The van der Waals surface area contributed by atoms with Crippen molar-refractivity contribution in [3.63, 3.8) is 0 Å². The zero-order valence-electron chi connectivity index (χ0n) is 6.77. The fraction of sp³-hybridized carbons (Fsp3) is 0.286. The van der Waals surface area contributed by atoms with E-state index < -0.39 is 0 Å². The van der Waals surface area contributed by atoms with E-state index in [-0.39, 0.29) is 19.2 Å². The number of nitrogens with one attached hydrogen (secondary N) is 1. The highest BCUT2D eigenvalue weighted by Crippen LogP contribution is 2.08. The summed E-state index contributed by atoms with van der Waals surface area (Å²) in [7, 11) is 0. The maximum atomic E-state index is 8.50. The molecule has 13 heavy (non-hydrogen) atoms. The van der Waals surface area contributed by atoms with Crippen molar-refractivity contribution in [3.05, 3.63) is 12.5 Å². The quantitative estimate of drug-likeness (QED) is 0.678. The number of ether oxygens (including phenoxy) is 1. The fourth-order valence-corrected chi connectivity index (χ4v) is 0.927. The SMILES string of the molecule is OCCOc1ncc2[nH]cnc2n1. The van der Waals surface area contributed by atoms with Gasteiger partial charge in [-0.3, -0.25) is 0 Å². The molecule has 2 aromatic heterocycles. The van der Waals surface area contributed by atoms with E-state index in [9.17, 15) is 0 Å². The molecule has 0 aliphatic rings. The molecule has 0 bridgehead atoms. The molecule has 6 heteroatoms. The molecule has 0 fully saturated rings. The third-order valence-corrected chi connectivity index (χ3v) is 1.48. The van der Waals surface area contributed by atoms with Gasteiger partial charge in [0, 0.05) is 0 Å². The Hall–Kier alpha value is -1.69. The molecule has 0 atom stereocenters. The van der Waals surface area contributed by atoms with Gasteiger partial charge in [0.15, 0.2) is 5.65 Å². The number of H-pyrrole nitrogens is 1. The van der Waals surface area contributed by atoms with Crippen molar-refractivity contribution in [2.45, 2.75) is 0 Å². The first-order valence-corrected chi connectivity index (χ1v) is 3.80. The predicted octanol–water partition coefficient (Wildman–Crippen LogP) is -0.276. The Morgan fingerprint density at radius 1 is 1.46 bits per heavy atom. The molecule has 0 amide bonds. The Balaban J connectivity index is 2.26. The van der Waals surface area contributed by atoms with Gasteiger partial charge in [-0.25, -0.2) is 9.97 Å². The van der Waals surface area contributed by atoms with Gasteiger partial charge in [-0.05, 0) is 0 Å². The monoisotopic (exact) mass is 180 g/mol. The lowest BCUT2D eigenvalue weighted by molar-refractivity contribution is 0.192. The van der Waals surface area contributed by atoms with Crippen molar-refractivity contribution in [2.75, 3.05) is 13.2 Å². The highest BCUT2D eigenvalue weighted by Gasteiger charge is 2.01. The van der Waals surface area contributed by atoms with Crippen LogP contribution in [0.15, 0.2) is 12.5 Å². The molecule has 0 radical (unpaired) electrons. The van der Waals surface area contributed by atoms with Gasteiger partial charge in [0.1, 0.15) is 12.1 Å². The maximum Gasteiger partial charge on any atom is 0.318 e. The summed E-state index contributed by atoms with van der Waals surface area (Å²) in [6.45, 7) is 0.137. The molecule has 2 rings (SSSR count). The minimum absolute atomic E-state index is 0.0536. The first-order chi connectivity index (χ1) is 6.40. The average molecular weight is 180 g/mol. The smallest absolute Gasteiger partial charge is 0.318 e. The molecule has 6 nitrogen and oxygen atoms in total. The van der Waals surface area contributed by atoms with Gasteiger partial charge in [-0.2, -0.15) is 4.98 Å². The Morgan fingerprint density at radius 3 is 3.23 bits per heavy atom. The van der Waals surface area contributed by atoms with Gasteiger partial charge in [0.2, 0.25) is 0 Å². The predicted molar refractivity (Wildman–Crippen MR) is 44.3 cm³/mol. The van der Waals surface area contributed by atoms with Crippen LogP contribution in [-0.4, -0.2) is 38.3 Å². The molecule has 2 N–H and O–H groups in total. The first kappa shape index (κ1) is 7.93. The van der Waals surface area contributed by atoms with Crippen LogP contribution in [0.25, 0.3) is 11.2 Å². The van der Waals surface area contributed by atoms with Crippen LogP contribution in [0.2, 0.25) is 0 Å². The van der Waals surface area contributed by atoms with Gasteiger partial charge < -0.3 is 14.8 Å². The summed E-state index contributed by atoms with van der Waals surface area (Å²) in [5, 5.41) is 8.50. The lowest BCUT2D eigenvalue weighted by Gasteiger charge is -1.99. The summed E-state index contributed by atoms with van der Waals surface area (Å²) in [6.07, 6.45) is 3.12. The first-order valence-electron chi connectivity index (χ1n) is 3.80. The molecule has 0 aliphatic heterocycles. The molecule has 68 valence electrons. The van der Waals surface area contributed by atoms with Crippen LogP contribution in [0.4, 0.5) is 0 Å². The van der Waals surface area contributed by atoms with Crippen LogP contribution < -0.4 is 4.74 Å². The molecule has 0 saturated heterocycles. The second kappa shape index (κ2) is 3.36. The summed E-state index contributed by atoms with van der Waals surface area (Å²) in [6, 6.07) is 0.230. The average Bonchev–Trinajstić information content (AvgIpc) is 2.61. The lowest BCUT2D eigenvalue weighted by atomic mass is 10.6. The Morgan fingerprint density at radius 2 is 2.38 bits per heavy atom. The van der Waals surface area contributed by atoms with Crippen molar-refractivity contribution in [1.82, 2.24) is 19.9 Å². The number of aromatic amines is 1. The molecule has 0 aromatic carbocycles. The van der Waals surface area contributed by atoms with Crippen molar-refractivity contribution >= 4 is 11.2 Å². The van der Waals surface area contributed by atoms with Crippen LogP contribution in [0, 0.1) is 0 Å². The molecule has 2 aromatic rings. The number of fused-ring (bicyclic) bond motifs is 1. The summed E-state index contributed by atoms with van der Waals surface area (Å²) in [4.78, 5) is 14.7. The van der Waals surface area contributed by atoms with Gasteiger partial charge in [0.05, 0.1) is 19.1 Å². The van der Waals surface area contributed by atoms with E-state index in [1.807, 2.05) is 0 Å². The number of rotatable bonds is 3. The van der Waals surface area contributed by atoms with Crippen LogP contribution in [-0.2, 0) is 0 Å². The van der Waals surface area contributed by atoms with Crippen LogP contribution in [0.1, 0.15) is 0 Å². The Labute approximate surface area is 73.6 Å². The fourth-order valence-electron chi connectivity index (χ4n) is 0.927. The van der Waals surface area contributed by atoms with E-state index in [0.717, 1.165) is 5.52 Å². The number of hydrogen-bond donors (Lipinski definition) is 2. The van der Waals surface area contributed by atoms with E-state index >= 15 is 0 Å². The third kappa shape index (κ3) is 1.57. The number of aliphatic hydroxyl groups is 1. The van der Waals surface area contributed by atoms with E-state index in [2.05, 4.69) is 19.9 Å². The molecule has 0 unspecified atom stereocenters. The summed E-state index contributed by atoms with van der Waals surface area (Å²) in [5.74, 6) is 0. The van der Waals surface area contributed by atoms with Gasteiger partial charge in [0.25, 0.3) is 0 Å². The van der Waals surface area contributed by atoms with E-state index in [4.69, 9.17) is 9.84 Å². The normalized spacial score (nSPS) is 10.5. The molecule has 0 saturated carbocycles. The summed E-state index contributed by atoms with van der Waals surface area (Å²) >= 11 is 0. The van der Waals surface area contributed by atoms with Crippen molar-refractivity contribution in [3.8, 4) is 6.01 Å². The molecular formula is C7H8N4O2. The molecule has 2 heterocycles. The number of aromatic nitrogens is 4. The highest BCUT2D eigenvalue weighted by atomic mass is 16.5. The minimum atomic E-state index is -0.0536. The maximum absolute atomic E-state index is 8.50. The van der Waals surface area contributed by atoms with Crippen molar-refractivity contribution < 1.29 is 9.84 Å². The molecule has 0 spiro atoms. The number of hydrogen-bond acceptors (Lipinski definition) is 5. The second-order valence-corrected chi connectivity index (χ2v) is 2.36. The largest absolute Gasteiger partial charge is 0.461 e. The minimum Gasteiger partial charge on any atom is -0.461 e. The Kier molecular flexibility index (Phi) is 2.05. The molecule has 0 aliphatic carbocycles. The second-order valence-electron chi connectivity index (χ2n) is 2.36. The number of imidazole rings is 1. The standard InChI is InChI=1S/C7H8N4O2/c12-1-2-13-7-8-3-5-6(11-7)10-4-9-5/h3-4,12H,1-2H2,(H,8,9,10,11). The van der Waals surface area contributed by atoms with E-state index in [1.54, 1.807) is 6.20 Å². The van der Waals surface area contributed by atoms with Crippen molar-refractivity contribution in [1.29, 1.82) is 0 Å². The molecular weight excluding hydrogens is 172 g/mol. The summed E-state index contributed by atoms with van der Waals surface area (Å²) in [5.41, 5.74) is 1.32. The van der Waals surface area contributed by atoms with Crippen LogP contribution in [0.3, 0.4) is 0 Å². The van der Waals surface area contributed by atoms with E-state index in [1.165, 1.54) is 6.33 Å². The Bertz CT molecular complexity index is 400. The zero-order chi connectivity index (χ0) is 9.10. The third-order valence-electron chi connectivity index (χ3n) is 1.48. The van der Waals surface area contributed by atoms with Gasteiger partial charge in [-0.15, -0.1) is 0 Å². The number of aliphatic hydroxyl groups excluding tert-OH is 1. The zero-order valence-corrected chi connectivity index (χ0v) is 6.77. The van der Waals surface area contributed by atoms with E-state index in [0.29, 0.717) is 5.65 Å². The van der Waals surface area contributed by atoms with Gasteiger partial charge >= 0.3 is 6.01 Å². The topological polar surface area (TPSA) is 83.9 Å². The van der Waals surface area contributed by atoms with Gasteiger partial charge in [-0.1, -0.05) is 0 Å².